The van der Waals surface area contributed by atoms with Gasteiger partial charge in [0.25, 0.3) is 0 Å². The van der Waals surface area contributed by atoms with Crippen LogP contribution in [0.25, 0.3) is 11.0 Å². The highest BCUT2D eigenvalue weighted by molar-refractivity contribution is 5.96. The first kappa shape index (κ1) is 24.3. The molecule has 9 heteroatoms. The lowest BCUT2D eigenvalue weighted by atomic mass is 10.0. The van der Waals surface area contributed by atoms with Gasteiger partial charge in [-0.1, -0.05) is 20.3 Å². The van der Waals surface area contributed by atoms with Crippen LogP contribution in [0.3, 0.4) is 0 Å². The maximum absolute atomic E-state index is 12.7. The summed E-state index contributed by atoms with van der Waals surface area (Å²) in [6, 6.07) is 0.705. The molecule has 0 fully saturated rings. The number of fused-ring (bicyclic) bond motifs is 1. The zero-order valence-electron chi connectivity index (χ0n) is 18.7. The second kappa shape index (κ2) is 11.4. The number of aliphatic carboxylic acids is 1. The van der Waals surface area contributed by atoms with Gasteiger partial charge >= 0.3 is 12.1 Å². The van der Waals surface area contributed by atoms with Crippen molar-refractivity contribution in [3.05, 3.63) is 24.3 Å². The molecule has 0 saturated carbocycles. The molecule has 2 aromatic heterocycles. The zero-order valence-corrected chi connectivity index (χ0v) is 18.7. The molecule has 1 N–H and O–H groups in total. The van der Waals surface area contributed by atoms with Crippen LogP contribution in [0.15, 0.2) is 18.5 Å². The van der Waals surface area contributed by atoms with Crippen LogP contribution in [0, 0.1) is 12.8 Å². The number of carboxylic acid groups (broad SMARTS) is 1. The Morgan fingerprint density at radius 2 is 1.97 bits per heavy atom. The minimum atomic E-state index is -1.22. The van der Waals surface area contributed by atoms with E-state index in [-0.39, 0.29) is 25.4 Å². The van der Waals surface area contributed by atoms with Crippen LogP contribution in [0.2, 0.25) is 0 Å². The SMILES string of the molecule is CCOC(=O)N(C(=O)CCCCCn1c(C)nc2cnccc21)[C@@H](CC(C)C)C(=O)O. The van der Waals surface area contributed by atoms with Crippen LogP contribution in [0.1, 0.15) is 58.7 Å². The van der Waals surface area contributed by atoms with Crippen LogP contribution >= 0.6 is 0 Å². The van der Waals surface area contributed by atoms with Crippen LogP contribution in [-0.2, 0) is 20.9 Å². The van der Waals surface area contributed by atoms with Gasteiger partial charge in [0.1, 0.15) is 17.4 Å². The summed E-state index contributed by atoms with van der Waals surface area (Å²) in [7, 11) is 0. The minimum absolute atomic E-state index is 0.00858. The predicted molar refractivity (Wildman–Crippen MR) is 115 cm³/mol. The number of hydrogen-bond acceptors (Lipinski definition) is 6. The van der Waals surface area contributed by atoms with Crippen LogP contribution in [-0.4, -0.2) is 55.2 Å². The van der Waals surface area contributed by atoms with Gasteiger partial charge in [0, 0.05) is 19.2 Å². The molecule has 0 bridgehead atoms. The Morgan fingerprint density at radius 3 is 2.61 bits per heavy atom. The Bertz CT molecular complexity index is 908. The second-order valence-corrected chi connectivity index (χ2v) is 7.93. The number of rotatable bonds is 11. The van der Waals surface area contributed by atoms with Crippen molar-refractivity contribution in [3.63, 3.8) is 0 Å². The number of carbonyl (C=O) groups is 3. The third-order valence-corrected chi connectivity index (χ3v) is 5.04. The molecule has 0 saturated heterocycles. The first-order valence-electron chi connectivity index (χ1n) is 10.7. The Balaban J connectivity index is 1.94. The third kappa shape index (κ3) is 6.50. The fraction of sp³-hybridized carbons (Fsp3) is 0.591. The van der Waals surface area contributed by atoms with Crippen molar-refractivity contribution in [1.82, 2.24) is 19.4 Å². The number of aromatic nitrogens is 3. The lowest BCUT2D eigenvalue weighted by molar-refractivity contribution is -0.149. The van der Waals surface area contributed by atoms with Gasteiger partial charge < -0.3 is 14.4 Å². The maximum Gasteiger partial charge on any atom is 0.417 e. The normalized spacial score (nSPS) is 12.2. The number of unbranched alkanes of at least 4 members (excludes halogenated alkanes) is 2. The number of imidazole rings is 1. The topological polar surface area (TPSA) is 115 Å². The second-order valence-electron chi connectivity index (χ2n) is 7.93. The van der Waals surface area contributed by atoms with E-state index in [1.54, 1.807) is 19.3 Å². The molecular formula is C22H32N4O5. The van der Waals surface area contributed by atoms with E-state index in [1.165, 1.54) is 0 Å². The number of ether oxygens (including phenoxy) is 1. The van der Waals surface area contributed by atoms with Crippen LogP contribution in [0.5, 0.6) is 0 Å². The third-order valence-electron chi connectivity index (χ3n) is 5.04. The number of carboxylic acids is 1. The van der Waals surface area contributed by atoms with Crippen molar-refractivity contribution >= 4 is 29.0 Å². The predicted octanol–water partition coefficient (Wildman–Crippen LogP) is 3.78. The average molecular weight is 433 g/mol. The molecule has 2 aromatic rings. The summed E-state index contributed by atoms with van der Waals surface area (Å²) in [6.07, 6.45) is 4.99. The van der Waals surface area contributed by atoms with E-state index in [4.69, 9.17) is 4.74 Å². The molecule has 1 atom stereocenters. The van der Waals surface area contributed by atoms with E-state index in [0.29, 0.717) is 6.42 Å². The molecule has 0 radical (unpaired) electrons. The Labute approximate surface area is 182 Å². The van der Waals surface area contributed by atoms with Crippen LogP contribution in [0.4, 0.5) is 4.79 Å². The summed E-state index contributed by atoms with van der Waals surface area (Å²) in [4.78, 5) is 46.2. The summed E-state index contributed by atoms with van der Waals surface area (Å²) in [5.74, 6) is -0.797. The summed E-state index contributed by atoms with van der Waals surface area (Å²) in [5.41, 5.74) is 1.88. The molecule has 31 heavy (non-hydrogen) atoms. The molecular weight excluding hydrogens is 400 g/mol. The van der Waals surface area contributed by atoms with E-state index in [1.807, 2.05) is 26.8 Å². The molecule has 2 rings (SSSR count). The summed E-state index contributed by atoms with van der Waals surface area (Å²) in [6.45, 7) is 8.10. The van der Waals surface area contributed by atoms with Crippen molar-refractivity contribution in [2.24, 2.45) is 5.92 Å². The smallest absolute Gasteiger partial charge is 0.417 e. The first-order valence-corrected chi connectivity index (χ1v) is 10.7. The number of carbonyl (C=O) groups excluding carboxylic acids is 2. The van der Waals surface area contributed by atoms with Crippen molar-refractivity contribution in [1.29, 1.82) is 0 Å². The van der Waals surface area contributed by atoms with Gasteiger partial charge in [-0.15, -0.1) is 0 Å². The van der Waals surface area contributed by atoms with Gasteiger partial charge in [-0.2, -0.15) is 0 Å². The Hall–Kier alpha value is -2.97. The summed E-state index contributed by atoms with van der Waals surface area (Å²) < 4.78 is 7.07. The lowest BCUT2D eigenvalue weighted by Crippen LogP contribution is -2.49. The minimum Gasteiger partial charge on any atom is -0.480 e. The van der Waals surface area contributed by atoms with Crippen molar-refractivity contribution in [2.45, 2.75) is 72.4 Å². The van der Waals surface area contributed by atoms with Gasteiger partial charge in [0.15, 0.2) is 0 Å². The number of imide groups is 1. The van der Waals surface area contributed by atoms with Gasteiger partial charge in [0.2, 0.25) is 5.91 Å². The van der Waals surface area contributed by atoms with Crippen molar-refractivity contribution in [3.8, 4) is 0 Å². The van der Waals surface area contributed by atoms with E-state index in [2.05, 4.69) is 14.5 Å². The molecule has 0 aliphatic carbocycles. The standard InChI is InChI=1S/C22H32N4O5/c1-5-31-22(30)26(19(21(28)29)13-15(2)3)20(27)9-7-6-8-12-25-16(4)24-17-14-23-11-10-18(17)25/h10-11,14-15,19H,5-9,12-13H2,1-4H3,(H,28,29)/t19-/m0/s1. The molecule has 0 aliphatic heterocycles. The molecule has 2 heterocycles. The quantitative estimate of drug-likeness (QED) is 0.537. The number of hydrogen-bond donors (Lipinski definition) is 1. The molecule has 0 aromatic carbocycles. The lowest BCUT2D eigenvalue weighted by Gasteiger charge is -2.27. The number of nitrogens with zero attached hydrogens (tertiary/aromatic N) is 4. The van der Waals surface area contributed by atoms with Gasteiger partial charge in [0.05, 0.1) is 18.3 Å². The highest BCUT2D eigenvalue weighted by Crippen LogP contribution is 2.18. The molecule has 170 valence electrons. The molecule has 2 amide bonds. The van der Waals surface area contributed by atoms with E-state index < -0.39 is 24.0 Å². The maximum atomic E-state index is 12.7. The van der Waals surface area contributed by atoms with Gasteiger partial charge in [-0.05, 0) is 45.1 Å². The van der Waals surface area contributed by atoms with E-state index in [0.717, 1.165) is 41.1 Å². The summed E-state index contributed by atoms with van der Waals surface area (Å²) in [5, 5.41) is 9.57. The fourth-order valence-electron chi connectivity index (χ4n) is 3.59. The van der Waals surface area contributed by atoms with E-state index in [9.17, 15) is 19.5 Å². The molecule has 9 nitrogen and oxygen atoms in total. The van der Waals surface area contributed by atoms with Gasteiger partial charge in [-0.25, -0.2) is 19.5 Å². The monoisotopic (exact) mass is 432 g/mol. The number of amides is 2. The van der Waals surface area contributed by atoms with Gasteiger partial charge in [-0.3, -0.25) is 9.78 Å². The fourth-order valence-corrected chi connectivity index (χ4v) is 3.59. The Kier molecular flexibility index (Phi) is 8.96. The van der Waals surface area contributed by atoms with E-state index >= 15 is 0 Å². The highest BCUT2D eigenvalue weighted by atomic mass is 16.6. The van der Waals surface area contributed by atoms with Crippen LogP contribution < -0.4 is 0 Å². The largest absolute Gasteiger partial charge is 0.480 e. The zero-order chi connectivity index (χ0) is 23.0. The summed E-state index contributed by atoms with van der Waals surface area (Å²) >= 11 is 0. The number of pyridine rings is 1. The Morgan fingerprint density at radius 1 is 1.23 bits per heavy atom. The molecule has 0 unspecified atom stereocenters. The molecule has 0 spiro atoms. The first-order chi connectivity index (χ1) is 14.8. The van der Waals surface area contributed by atoms with Crippen molar-refractivity contribution in [2.75, 3.05) is 6.61 Å². The van der Waals surface area contributed by atoms with Crippen molar-refractivity contribution < 1.29 is 24.2 Å². The number of aryl methyl sites for hydroxylation is 2. The molecule has 0 aliphatic rings. The average Bonchev–Trinajstić information content (AvgIpc) is 3.02. The highest BCUT2D eigenvalue weighted by Gasteiger charge is 2.35.